The first-order valence-corrected chi connectivity index (χ1v) is 8.73. The van der Waals surface area contributed by atoms with Crippen LogP contribution in [0.15, 0.2) is 0 Å². The fourth-order valence-electron chi connectivity index (χ4n) is 3.49. The lowest BCUT2D eigenvalue weighted by molar-refractivity contribution is -0.125. The van der Waals surface area contributed by atoms with E-state index in [-0.39, 0.29) is 18.6 Å². The number of aliphatic hydroxyl groups is 1. The predicted octanol–water partition coefficient (Wildman–Crippen LogP) is 2.68. The molecule has 0 saturated heterocycles. The lowest BCUT2D eigenvalue weighted by atomic mass is 10.1. The Labute approximate surface area is 143 Å². The van der Waals surface area contributed by atoms with Crippen LogP contribution >= 0.6 is 0 Å². The highest BCUT2D eigenvalue weighted by molar-refractivity contribution is 5.91. The molecule has 1 heterocycles. The van der Waals surface area contributed by atoms with E-state index < -0.39 is 12.1 Å². The number of carbonyl (C=O) groups is 2. The predicted molar refractivity (Wildman–Crippen MR) is 90.8 cm³/mol. The number of esters is 1. The molecule has 0 spiro atoms. The van der Waals surface area contributed by atoms with Crippen LogP contribution in [-0.4, -0.2) is 34.6 Å². The lowest BCUT2D eigenvalue weighted by Gasteiger charge is -2.16. The topological polar surface area (TPSA) is 91.4 Å². The number of aromatic nitrogens is 1. The molecule has 1 atom stereocenters. The van der Waals surface area contributed by atoms with Crippen LogP contribution in [0.2, 0.25) is 0 Å². The number of aliphatic hydroxyl groups excluding tert-OH is 1. The minimum atomic E-state index is -0.665. The fourth-order valence-corrected chi connectivity index (χ4v) is 3.49. The van der Waals surface area contributed by atoms with E-state index in [0.717, 1.165) is 31.4 Å². The first-order chi connectivity index (χ1) is 11.4. The minimum Gasteiger partial charge on any atom is -0.451 e. The molecule has 3 N–H and O–H groups in total. The van der Waals surface area contributed by atoms with Gasteiger partial charge in [0, 0.05) is 17.3 Å². The second-order valence-electron chi connectivity index (χ2n) is 6.67. The second-order valence-corrected chi connectivity index (χ2v) is 6.67. The molecule has 1 aliphatic carbocycles. The summed E-state index contributed by atoms with van der Waals surface area (Å²) in [6, 6.07) is 0.190. The first kappa shape index (κ1) is 18.5. The summed E-state index contributed by atoms with van der Waals surface area (Å²) in [7, 11) is 0. The van der Waals surface area contributed by atoms with Gasteiger partial charge in [-0.3, -0.25) is 4.79 Å². The van der Waals surface area contributed by atoms with Crippen molar-refractivity contribution in [3.8, 4) is 0 Å². The maximum Gasteiger partial charge on any atom is 0.355 e. The van der Waals surface area contributed by atoms with Gasteiger partial charge in [-0.15, -0.1) is 0 Å². The van der Waals surface area contributed by atoms with E-state index in [1.165, 1.54) is 12.8 Å². The van der Waals surface area contributed by atoms with E-state index in [0.29, 0.717) is 16.8 Å². The van der Waals surface area contributed by atoms with Crippen LogP contribution in [0.5, 0.6) is 0 Å². The Balaban J connectivity index is 1.88. The van der Waals surface area contributed by atoms with Crippen LogP contribution < -0.4 is 5.32 Å². The molecule has 1 saturated carbocycles. The molecule has 2 rings (SSSR count). The molecule has 0 radical (unpaired) electrons. The number of carbonyl (C=O) groups excluding carboxylic acids is 2. The summed E-state index contributed by atoms with van der Waals surface area (Å²) in [6.07, 6.45) is 6.03. The number of hydrogen-bond donors (Lipinski definition) is 3. The highest BCUT2D eigenvalue weighted by Crippen LogP contribution is 2.24. The molecule has 0 aliphatic heterocycles. The smallest absolute Gasteiger partial charge is 0.355 e. The van der Waals surface area contributed by atoms with Gasteiger partial charge in [0.15, 0.2) is 6.61 Å². The van der Waals surface area contributed by atoms with E-state index in [1.807, 2.05) is 0 Å². The van der Waals surface area contributed by atoms with Gasteiger partial charge >= 0.3 is 5.97 Å². The van der Waals surface area contributed by atoms with Crippen LogP contribution in [-0.2, 0) is 9.53 Å². The summed E-state index contributed by atoms with van der Waals surface area (Å²) in [5.41, 5.74) is 2.39. The molecule has 1 aliphatic rings. The van der Waals surface area contributed by atoms with Crippen molar-refractivity contribution < 1.29 is 19.4 Å². The van der Waals surface area contributed by atoms with Gasteiger partial charge in [-0.2, -0.15) is 0 Å². The third-order valence-electron chi connectivity index (χ3n) is 4.67. The van der Waals surface area contributed by atoms with Crippen LogP contribution in [0.4, 0.5) is 0 Å². The summed E-state index contributed by atoms with van der Waals surface area (Å²) in [5.74, 6) is -0.828. The van der Waals surface area contributed by atoms with Gasteiger partial charge in [0.25, 0.3) is 5.91 Å². The molecule has 1 aromatic rings. The van der Waals surface area contributed by atoms with Gasteiger partial charge in [-0.05, 0) is 39.2 Å². The SMILES string of the molecule is Cc1[nH]c(C(=O)OCC(=O)NC2CCCCCC2)c(C)c1[C@H](C)O. The molecule has 1 fully saturated rings. The monoisotopic (exact) mass is 336 g/mol. The number of amides is 1. The second kappa shape index (κ2) is 8.33. The Kier molecular flexibility index (Phi) is 6.43. The van der Waals surface area contributed by atoms with Crippen LogP contribution in [0.3, 0.4) is 0 Å². The lowest BCUT2D eigenvalue weighted by Crippen LogP contribution is -2.37. The number of rotatable bonds is 5. The van der Waals surface area contributed by atoms with Gasteiger partial charge in [-0.25, -0.2) is 4.79 Å². The average molecular weight is 336 g/mol. The fraction of sp³-hybridized carbons (Fsp3) is 0.667. The zero-order valence-corrected chi connectivity index (χ0v) is 14.8. The number of aromatic amines is 1. The molecular formula is C18H28N2O4. The normalized spacial score (nSPS) is 17.2. The highest BCUT2D eigenvalue weighted by atomic mass is 16.5. The van der Waals surface area contributed by atoms with Gasteiger partial charge in [0.05, 0.1) is 6.10 Å². The van der Waals surface area contributed by atoms with Crippen molar-refractivity contribution in [3.05, 3.63) is 22.5 Å². The van der Waals surface area contributed by atoms with Crippen LogP contribution in [0.1, 0.15) is 78.9 Å². The Morgan fingerprint density at radius 2 is 1.88 bits per heavy atom. The standard InChI is InChI=1S/C18H28N2O4/c1-11-16(13(3)21)12(2)19-17(11)18(23)24-10-15(22)20-14-8-6-4-5-7-9-14/h13-14,19,21H,4-10H2,1-3H3,(H,20,22)/t13-/m0/s1. The van der Waals surface area contributed by atoms with E-state index in [1.54, 1.807) is 20.8 Å². The summed E-state index contributed by atoms with van der Waals surface area (Å²) in [5, 5.41) is 12.7. The maximum absolute atomic E-state index is 12.2. The van der Waals surface area contributed by atoms with E-state index in [4.69, 9.17) is 4.74 Å². The zero-order chi connectivity index (χ0) is 17.7. The molecule has 0 aromatic carbocycles. The van der Waals surface area contributed by atoms with Crippen molar-refractivity contribution in [1.29, 1.82) is 0 Å². The average Bonchev–Trinajstić information content (AvgIpc) is 2.68. The van der Waals surface area contributed by atoms with Gasteiger partial charge < -0.3 is 20.1 Å². The summed E-state index contributed by atoms with van der Waals surface area (Å²) in [6.45, 7) is 4.92. The quantitative estimate of drug-likeness (QED) is 0.569. The summed E-state index contributed by atoms with van der Waals surface area (Å²) < 4.78 is 5.13. The molecule has 6 nitrogen and oxygen atoms in total. The Bertz CT molecular complexity index is 584. The molecule has 0 unspecified atom stereocenters. The number of aryl methyl sites for hydroxylation is 1. The molecule has 1 aromatic heterocycles. The van der Waals surface area contributed by atoms with Crippen molar-refractivity contribution in [2.45, 2.75) is 71.4 Å². The molecule has 24 heavy (non-hydrogen) atoms. The summed E-state index contributed by atoms with van der Waals surface area (Å²) >= 11 is 0. The number of ether oxygens (including phenoxy) is 1. The van der Waals surface area contributed by atoms with Gasteiger partial charge in [-0.1, -0.05) is 25.7 Å². The van der Waals surface area contributed by atoms with Gasteiger partial charge in [0.2, 0.25) is 0 Å². The largest absolute Gasteiger partial charge is 0.451 e. The van der Waals surface area contributed by atoms with Crippen molar-refractivity contribution in [2.24, 2.45) is 0 Å². The van der Waals surface area contributed by atoms with E-state index in [2.05, 4.69) is 10.3 Å². The highest BCUT2D eigenvalue weighted by Gasteiger charge is 2.22. The van der Waals surface area contributed by atoms with E-state index in [9.17, 15) is 14.7 Å². The third kappa shape index (κ3) is 4.60. The van der Waals surface area contributed by atoms with Crippen LogP contribution in [0.25, 0.3) is 0 Å². The van der Waals surface area contributed by atoms with Crippen molar-refractivity contribution in [1.82, 2.24) is 10.3 Å². The first-order valence-electron chi connectivity index (χ1n) is 8.73. The number of H-pyrrole nitrogens is 1. The van der Waals surface area contributed by atoms with E-state index >= 15 is 0 Å². The Morgan fingerprint density at radius 1 is 1.25 bits per heavy atom. The Morgan fingerprint density at radius 3 is 2.42 bits per heavy atom. The third-order valence-corrected chi connectivity index (χ3v) is 4.67. The molecule has 1 amide bonds. The van der Waals surface area contributed by atoms with Crippen molar-refractivity contribution >= 4 is 11.9 Å². The maximum atomic E-state index is 12.2. The number of hydrogen-bond acceptors (Lipinski definition) is 4. The molecule has 0 bridgehead atoms. The van der Waals surface area contributed by atoms with Crippen molar-refractivity contribution in [3.63, 3.8) is 0 Å². The van der Waals surface area contributed by atoms with Crippen LogP contribution in [0, 0.1) is 13.8 Å². The van der Waals surface area contributed by atoms with Crippen molar-refractivity contribution in [2.75, 3.05) is 6.61 Å². The molecule has 134 valence electrons. The number of nitrogens with one attached hydrogen (secondary N) is 2. The summed E-state index contributed by atoms with van der Waals surface area (Å²) in [4.78, 5) is 27.1. The Hall–Kier alpha value is -1.82. The molecule has 6 heteroatoms. The minimum absolute atomic E-state index is 0.190. The van der Waals surface area contributed by atoms with Gasteiger partial charge in [0.1, 0.15) is 5.69 Å². The zero-order valence-electron chi connectivity index (χ0n) is 14.8. The molecular weight excluding hydrogens is 308 g/mol.